The number of nitriles is 2. The second kappa shape index (κ2) is 18.6. The highest BCUT2D eigenvalue weighted by atomic mass is 32.3. The molecule has 0 saturated heterocycles. The van der Waals surface area contributed by atoms with Gasteiger partial charge in [-0.3, -0.25) is 33.9 Å². The molecule has 0 fully saturated rings. The van der Waals surface area contributed by atoms with Crippen LogP contribution in [-0.2, 0) is 30.4 Å². The Morgan fingerprint density at radius 3 is 1.36 bits per heavy atom. The highest BCUT2D eigenvalue weighted by Gasteiger charge is 2.31. The van der Waals surface area contributed by atoms with Crippen LogP contribution in [0.2, 0.25) is 0 Å². The summed E-state index contributed by atoms with van der Waals surface area (Å²) in [6, 6.07) is 10.6. The number of nitrogen functional groups attached to an aromatic ring is 1. The third-order valence-corrected chi connectivity index (χ3v) is 12.8. The van der Waals surface area contributed by atoms with Gasteiger partial charge in [0, 0.05) is 35.6 Å². The highest BCUT2D eigenvalue weighted by molar-refractivity contribution is 8.19. The summed E-state index contributed by atoms with van der Waals surface area (Å²) in [5, 5.41) is 70.9. The Labute approximate surface area is 390 Å². The van der Waals surface area contributed by atoms with Crippen molar-refractivity contribution in [2.24, 2.45) is 20.5 Å². The molecule has 11 N–H and O–H groups in total. The van der Waals surface area contributed by atoms with Crippen molar-refractivity contribution in [3.63, 3.8) is 0 Å². The quantitative estimate of drug-likeness (QED) is 0.0160. The van der Waals surface area contributed by atoms with Gasteiger partial charge in [-0.15, -0.1) is 20.5 Å². The Bertz CT molecular complexity index is 3790. The van der Waals surface area contributed by atoms with E-state index in [0.29, 0.717) is 54.6 Å². The number of nitrogens with two attached hydrogens (primary N) is 1. The van der Waals surface area contributed by atoms with Crippen LogP contribution in [0.5, 0.6) is 5.75 Å². The fourth-order valence-electron chi connectivity index (χ4n) is 6.22. The van der Waals surface area contributed by atoms with Gasteiger partial charge in [-0.05, 0) is 53.9 Å². The van der Waals surface area contributed by atoms with Crippen molar-refractivity contribution in [1.29, 1.82) is 10.5 Å². The minimum atomic E-state index is -5.58. The summed E-state index contributed by atoms with van der Waals surface area (Å²) >= 11 is 0. The van der Waals surface area contributed by atoms with Gasteiger partial charge < -0.3 is 35.1 Å². The van der Waals surface area contributed by atoms with E-state index in [9.17, 15) is 86.7 Å². The van der Waals surface area contributed by atoms with Crippen LogP contribution in [-0.4, -0.2) is 67.5 Å². The van der Waals surface area contributed by atoms with Gasteiger partial charge in [0.05, 0.1) is 36.9 Å². The number of hydrogen-bond acceptors (Lipinski definition) is 23. The zero-order chi connectivity index (χ0) is 52.0. The van der Waals surface area contributed by atoms with Crippen LogP contribution in [0.25, 0.3) is 10.8 Å². The summed E-state index contributed by atoms with van der Waals surface area (Å²) in [5.74, 6) is -3.85. The Balaban J connectivity index is 1.54. The van der Waals surface area contributed by atoms with E-state index < -0.39 is 161 Å². The second-order valence-corrected chi connectivity index (χ2v) is 19.3. The highest BCUT2D eigenvalue weighted by Crippen LogP contribution is 2.56. The largest absolute Gasteiger partial charge is 0.505 e. The molecule has 0 aliphatic rings. The molecular formula is C36H23F2N11O17S4. The number of azo groups is 2. The molecule has 0 aromatic heterocycles. The minimum absolute atomic E-state index is 0.333. The van der Waals surface area contributed by atoms with Crippen molar-refractivity contribution in [3.05, 3.63) is 116 Å². The third kappa shape index (κ3) is 10.5. The van der Waals surface area contributed by atoms with Crippen LogP contribution in [0.1, 0.15) is 11.1 Å². The Hall–Kier alpha value is -8.42. The van der Waals surface area contributed by atoms with Gasteiger partial charge in [-0.25, -0.2) is 8.78 Å². The Morgan fingerprint density at radius 2 is 0.986 bits per heavy atom. The third-order valence-electron chi connectivity index (χ3n) is 9.24. The maximum Gasteiger partial charge on any atom is 0.296 e. The number of halogens is 2. The van der Waals surface area contributed by atoms with Crippen molar-refractivity contribution in [2.45, 2.75) is 19.6 Å². The lowest BCUT2D eigenvalue weighted by Gasteiger charge is -2.23. The first-order valence-electron chi connectivity index (χ1n) is 17.9. The van der Waals surface area contributed by atoms with Gasteiger partial charge in [0.1, 0.15) is 83.5 Å². The summed E-state index contributed by atoms with van der Waals surface area (Å²) in [6.45, 7) is 0. The number of anilines is 5. The molecule has 0 saturated carbocycles. The van der Waals surface area contributed by atoms with Crippen molar-refractivity contribution >= 4 is 115 Å². The molecule has 6 aromatic rings. The van der Waals surface area contributed by atoms with Gasteiger partial charge in [-0.1, -0.05) is 0 Å². The fraction of sp³-hybridized carbons (Fsp3) is 0. The molecule has 0 atom stereocenters. The molecular weight excluding hydrogens is 1020 g/mol. The molecule has 70 heavy (non-hydrogen) atoms. The minimum Gasteiger partial charge on any atom is -0.505 e. The zero-order valence-electron chi connectivity index (χ0n) is 33.7. The predicted molar refractivity (Wildman–Crippen MR) is 237 cm³/mol. The summed E-state index contributed by atoms with van der Waals surface area (Å²) in [6.07, 6.45) is 0. The second-order valence-electron chi connectivity index (χ2n) is 13.7. The number of hydrogen-bond donors (Lipinski definition) is 10. The maximum atomic E-state index is 14.5. The number of phenolic OH excluding ortho intramolecular Hbond substituents is 1. The predicted octanol–water partition coefficient (Wildman–Crippen LogP) is 8.61. The smallest absolute Gasteiger partial charge is 0.296 e. The topological polar surface area (TPSA) is 477 Å². The van der Waals surface area contributed by atoms with E-state index in [2.05, 4.69) is 31.1 Å². The van der Waals surface area contributed by atoms with Crippen LogP contribution >= 0.6 is 10.9 Å². The molecule has 0 heterocycles. The lowest BCUT2D eigenvalue weighted by atomic mass is 10.1. The monoisotopic (exact) mass is 1050 g/mol. The first-order valence-corrected chi connectivity index (χ1v) is 23.7. The average molecular weight is 1050 g/mol. The SMILES string of the molecule is N#Cc1cc([N+](=O)[O-])c(Nc2ccc(S(=O)(=O)O)c(N=Nc3c(S(O)(O)O)cc4cc(S(=O)(=O)O)c(N=Nc5cc(Nc6cc(F)c(C#N)cc6[N+](=O)[O-])ccc5S(=O)(=O)O)c(O)c4c3N)c2)cc1F. The van der Waals surface area contributed by atoms with Crippen LogP contribution in [0.4, 0.5) is 71.3 Å². The van der Waals surface area contributed by atoms with Crippen LogP contribution in [0, 0.1) is 54.5 Å². The normalized spacial score (nSPS) is 12.5. The summed E-state index contributed by atoms with van der Waals surface area (Å²) < 4.78 is 165. The van der Waals surface area contributed by atoms with Gasteiger partial charge in [0.25, 0.3) is 41.7 Å². The number of nitrogens with zero attached hydrogens (tertiary/aromatic N) is 8. The molecule has 0 amide bonds. The Kier molecular flexibility index (Phi) is 13.5. The van der Waals surface area contributed by atoms with Gasteiger partial charge >= 0.3 is 0 Å². The maximum absolute atomic E-state index is 14.5. The molecule has 28 nitrogen and oxygen atoms in total. The molecule has 0 unspecified atom stereocenters. The molecule has 0 spiro atoms. The van der Waals surface area contributed by atoms with Gasteiger partial charge in [-0.2, -0.15) is 35.8 Å². The fourth-order valence-corrected chi connectivity index (χ4v) is 8.78. The van der Waals surface area contributed by atoms with Crippen molar-refractivity contribution in [1.82, 2.24) is 0 Å². The number of fused-ring (bicyclic) bond motifs is 1. The number of nitro groups is 2. The molecule has 6 aromatic carbocycles. The van der Waals surface area contributed by atoms with Crippen LogP contribution < -0.4 is 16.4 Å². The molecule has 0 bridgehead atoms. The summed E-state index contributed by atoms with van der Waals surface area (Å²) in [4.78, 5) is 16.7. The lowest BCUT2D eigenvalue weighted by molar-refractivity contribution is -0.384. The zero-order valence-corrected chi connectivity index (χ0v) is 37.0. The average Bonchev–Trinajstić information content (AvgIpc) is 3.24. The van der Waals surface area contributed by atoms with E-state index in [4.69, 9.17) is 16.3 Å². The lowest BCUT2D eigenvalue weighted by Crippen LogP contribution is -2.03. The van der Waals surface area contributed by atoms with Gasteiger partial charge in [0.2, 0.25) is 0 Å². The standard InChI is InChI=1S/C36H23F2N11O17S4/c37-20-11-22(26(48(51)52)5-16(20)13-39)42-18-1-3-28(67(55,56)57)24(9-18)44-46-34-30(69(61,62)63)7-15-8-31(70(64,65)66)35(36(50)32(15)33(34)41)47-45-25-10-19(2-4-29(25)68(58,59)60)43-23-12-21(38)17(14-40)6-27(23)49(53)54/h1-12,42-43,50,61-63H,41H2,(H,55,56,57)(H,58,59,60)(H,64,65,66). The van der Waals surface area contributed by atoms with Crippen molar-refractivity contribution < 1.29 is 76.3 Å². The van der Waals surface area contributed by atoms with E-state index >= 15 is 0 Å². The Morgan fingerprint density at radius 1 is 0.586 bits per heavy atom. The number of benzene rings is 6. The van der Waals surface area contributed by atoms with Crippen molar-refractivity contribution in [2.75, 3.05) is 16.4 Å². The number of nitro benzene ring substituents is 2. The van der Waals surface area contributed by atoms with E-state index in [1.807, 2.05) is 0 Å². The number of phenols is 1. The summed E-state index contributed by atoms with van der Waals surface area (Å²) in [5.41, 5.74) is -3.93. The molecule has 6 rings (SSSR count). The molecule has 34 heteroatoms. The van der Waals surface area contributed by atoms with Gasteiger partial charge in [0.15, 0.2) is 5.75 Å². The van der Waals surface area contributed by atoms with E-state index in [1.54, 1.807) is 0 Å². The number of rotatable bonds is 14. The molecule has 362 valence electrons. The van der Waals surface area contributed by atoms with Crippen LogP contribution in [0.3, 0.4) is 0 Å². The summed E-state index contributed by atoms with van der Waals surface area (Å²) in [7, 11) is -21.2. The van der Waals surface area contributed by atoms with Crippen LogP contribution in [0.15, 0.2) is 113 Å². The first-order chi connectivity index (χ1) is 32.4. The van der Waals surface area contributed by atoms with Crippen molar-refractivity contribution in [3.8, 4) is 17.9 Å². The van der Waals surface area contributed by atoms with E-state index in [1.165, 1.54) is 12.1 Å². The molecule has 0 aliphatic heterocycles. The van der Waals surface area contributed by atoms with E-state index in [0.717, 1.165) is 18.2 Å². The number of aromatic hydroxyl groups is 1. The first kappa shape index (κ1) is 51.0. The van der Waals surface area contributed by atoms with E-state index in [-0.39, 0.29) is 11.4 Å². The molecule has 0 aliphatic carbocycles. The number of nitrogens with one attached hydrogen (secondary N) is 2. The molecule has 0 radical (unpaired) electrons.